The van der Waals surface area contributed by atoms with Crippen molar-refractivity contribution in [2.24, 2.45) is 0 Å². The van der Waals surface area contributed by atoms with E-state index in [4.69, 9.17) is 5.26 Å². The van der Waals surface area contributed by atoms with E-state index in [2.05, 4.69) is 22.0 Å². The van der Waals surface area contributed by atoms with Gasteiger partial charge in [0.25, 0.3) is 0 Å². The van der Waals surface area contributed by atoms with Gasteiger partial charge in [0.1, 0.15) is 5.82 Å². The van der Waals surface area contributed by atoms with Gasteiger partial charge in [-0.3, -0.25) is 0 Å². The standard InChI is InChI=1S/C16H10BrFN2/c17-16-12(4-1-5-14(16)18)10-20-8-7-13-11(9-19)3-2-6-15(13)20/h1-8H,10H2. The molecule has 0 saturated carbocycles. The third-order valence-electron chi connectivity index (χ3n) is 3.31. The molecule has 0 aliphatic carbocycles. The Morgan fingerprint density at radius 2 is 1.95 bits per heavy atom. The predicted molar refractivity (Wildman–Crippen MR) is 79.9 cm³/mol. The molecule has 3 rings (SSSR count). The zero-order valence-corrected chi connectivity index (χ0v) is 12.1. The summed E-state index contributed by atoms with van der Waals surface area (Å²) in [4.78, 5) is 0. The van der Waals surface area contributed by atoms with Gasteiger partial charge in [-0.1, -0.05) is 18.2 Å². The molecule has 1 heterocycles. The maximum Gasteiger partial charge on any atom is 0.137 e. The molecular weight excluding hydrogens is 319 g/mol. The molecule has 98 valence electrons. The molecule has 0 saturated heterocycles. The number of hydrogen-bond donors (Lipinski definition) is 0. The monoisotopic (exact) mass is 328 g/mol. The first-order valence-electron chi connectivity index (χ1n) is 6.11. The van der Waals surface area contributed by atoms with Gasteiger partial charge < -0.3 is 4.57 Å². The maximum absolute atomic E-state index is 13.5. The quantitative estimate of drug-likeness (QED) is 0.682. The summed E-state index contributed by atoms with van der Waals surface area (Å²) in [6.45, 7) is 0.552. The fourth-order valence-electron chi connectivity index (χ4n) is 2.31. The van der Waals surface area contributed by atoms with Crippen LogP contribution in [0.5, 0.6) is 0 Å². The van der Waals surface area contributed by atoms with Crippen molar-refractivity contribution < 1.29 is 4.39 Å². The zero-order chi connectivity index (χ0) is 14.1. The molecule has 2 aromatic carbocycles. The molecule has 0 bridgehead atoms. The molecule has 0 atom stereocenters. The predicted octanol–water partition coefficient (Wildman–Crippen LogP) is 4.46. The van der Waals surface area contributed by atoms with Crippen molar-refractivity contribution in [1.82, 2.24) is 4.57 Å². The van der Waals surface area contributed by atoms with Crippen LogP contribution in [0.2, 0.25) is 0 Å². The summed E-state index contributed by atoms with van der Waals surface area (Å²) in [5.41, 5.74) is 2.49. The van der Waals surface area contributed by atoms with Crippen LogP contribution in [0.4, 0.5) is 4.39 Å². The van der Waals surface area contributed by atoms with Gasteiger partial charge in [0.2, 0.25) is 0 Å². The number of hydrogen-bond acceptors (Lipinski definition) is 1. The Hall–Kier alpha value is -2.12. The minimum absolute atomic E-state index is 0.267. The molecule has 0 unspecified atom stereocenters. The third kappa shape index (κ3) is 2.10. The van der Waals surface area contributed by atoms with E-state index in [0.29, 0.717) is 16.6 Å². The fourth-order valence-corrected chi connectivity index (χ4v) is 2.70. The van der Waals surface area contributed by atoms with Crippen LogP contribution < -0.4 is 0 Å². The third-order valence-corrected chi connectivity index (χ3v) is 4.19. The SMILES string of the molecule is N#Cc1cccc2c1ccn2Cc1cccc(F)c1Br. The Labute approximate surface area is 124 Å². The van der Waals surface area contributed by atoms with Gasteiger partial charge in [-0.2, -0.15) is 5.26 Å². The number of halogens is 2. The molecule has 3 aromatic rings. The van der Waals surface area contributed by atoms with Crippen molar-refractivity contribution in [3.8, 4) is 6.07 Å². The summed E-state index contributed by atoms with van der Waals surface area (Å²) < 4.78 is 16.0. The average molecular weight is 329 g/mol. The molecule has 2 nitrogen and oxygen atoms in total. The van der Waals surface area contributed by atoms with E-state index in [1.165, 1.54) is 6.07 Å². The number of aromatic nitrogens is 1. The van der Waals surface area contributed by atoms with Gasteiger partial charge in [-0.15, -0.1) is 0 Å². The van der Waals surface area contributed by atoms with Crippen LogP contribution in [-0.4, -0.2) is 4.57 Å². The Morgan fingerprint density at radius 3 is 2.75 bits per heavy atom. The largest absolute Gasteiger partial charge is 0.343 e. The lowest BCUT2D eigenvalue weighted by Crippen LogP contribution is -1.99. The Morgan fingerprint density at radius 1 is 1.15 bits per heavy atom. The fraction of sp³-hybridized carbons (Fsp3) is 0.0625. The van der Waals surface area contributed by atoms with Crippen LogP contribution in [-0.2, 0) is 6.54 Å². The number of nitriles is 1. The van der Waals surface area contributed by atoms with E-state index in [1.807, 2.05) is 35.0 Å². The minimum Gasteiger partial charge on any atom is -0.343 e. The van der Waals surface area contributed by atoms with Gasteiger partial charge in [-0.25, -0.2) is 4.39 Å². The van der Waals surface area contributed by atoms with Gasteiger partial charge in [0, 0.05) is 23.6 Å². The number of benzene rings is 2. The molecule has 1 aromatic heterocycles. The van der Waals surface area contributed by atoms with Crippen LogP contribution in [0.15, 0.2) is 53.1 Å². The summed E-state index contributed by atoms with van der Waals surface area (Å²) in [5, 5.41) is 10.0. The van der Waals surface area contributed by atoms with Crippen molar-refractivity contribution in [2.45, 2.75) is 6.54 Å². The van der Waals surface area contributed by atoms with E-state index in [9.17, 15) is 4.39 Å². The summed E-state index contributed by atoms with van der Waals surface area (Å²) in [7, 11) is 0. The maximum atomic E-state index is 13.5. The van der Waals surface area contributed by atoms with E-state index in [0.717, 1.165) is 16.5 Å². The highest BCUT2D eigenvalue weighted by molar-refractivity contribution is 9.10. The van der Waals surface area contributed by atoms with Crippen LogP contribution >= 0.6 is 15.9 Å². The molecule has 4 heteroatoms. The molecular formula is C16H10BrFN2. The highest BCUT2D eigenvalue weighted by Crippen LogP contribution is 2.25. The normalized spacial score (nSPS) is 10.7. The highest BCUT2D eigenvalue weighted by atomic mass is 79.9. The zero-order valence-electron chi connectivity index (χ0n) is 10.5. The van der Waals surface area contributed by atoms with Crippen molar-refractivity contribution in [3.05, 3.63) is 70.1 Å². The second-order valence-corrected chi connectivity index (χ2v) is 5.30. The number of fused-ring (bicyclic) bond motifs is 1. The highest BCUT2D eigenvalue weighted by Gasteiger charge is 2.09. The molecule has 0 radical (unpaired) electrons. The second-order valence-electron chi connectivity index (χ2n) is 4.51. The van der Waals surface area contributed by atoms with E-state index in [-0.39, 0.29) is 5.82 Å². The van der Waals surface area contributed by atoms with Crippen LogP contribution in [0, 0.1) is 17.1 Å². The molecule has 0 spiro atoms. The Balaban J connectivity index is 2.08. The summed E-state index contributed by atoms with van der Waals surface area (Å²) >= 11 is 3.28. The van der Waals surface area contributed by atoms with Crippen LogP contribution in [0.3, 0.4) is 0 Å². The number of nitrogens with zero attached hydrogens (tertiary/aromatic N) is 2. The summed E-state index contributed by atoms with van der Waals surface area (Å²) in [6.07, 6.45) is 1.92. The van der Waals surface area contributed by atoms with Gasteiger partial charge in [0.05, 0.1) is 16.1 Å². The summed E-state index contributed by atoms with van der Waals surface area (Å²) in [6, 6.07) is 14.7. The lowest BCUT2D eigenvalue weighted by atomic mass is 10.1. The first-order chi connectivity index (χ1) is 9.70. The summed E-state index contributed by atoms with van der Waals surface area (Å²) in [5.74, 6) is -0.267. The van der Waals surface area contributed by atoms with Gasteiger partial charge in [0.15, 0.2) is 0 Å². The topological polar surface area (TPSA) is 28.7 Å². The lowest BCUT2D eigenvalue weighted by Gasteiger charge is -2.08. The molecule has 0 aliphatic heterocycles. The Kier molecular flexibility index (Phi) is 3.29. The first-order valence-corrected chi connectivity index (χ1v) is 6.91. The van der Waals surface area contributed by atoms with Crippen molar-refractivity contribution in [2.75, 3.05) is 0 Å². The molecule has 0 fully saturated rings. The first kappa shape index (κ1) is 12.9. The second kappa shape index (κ2) is 5.10. The van der Waals surface area contributed by atoms with Crippen molar-refractivity contribution >= 4 is 26.8 Å². The molecule has 0 N–H and O–H groups in total. The number of rotatable bonds is 2. The van der Waals surface area contributed by atoms with Crippen LogP contribution in [0.1, 0.15) is 11.1 Å². The smallest absolute Gasteiger partial charge is 0.137 e. The molecule has 0 amide bonds. The minimum atomic E-state index is -0.267. The van der Waals surface area contributed by atoms with E-state index >= 15 is 0 Å². The lowest BCUT2D eigenvalue weighted by molar-refractivity contribution is 0.616. The molecule has 0 aliphatic rings. The Bertz CT molecular complexity index is 830. The van der Waals surface area contributed by atoms with Crippen LogP contribution in [0.25, 0.3) is 10.9 Å². The molecule has 20 heavy (non-hydrogen) atoms. The van der Waals surface area contributed by atoms with Gasteiger partial charge in [-0.05, 0) is 45.8 Å². The average Bonchev–Trinajstić information content (AvgIpc) is 2.87. The van der Waals surface area contributed by atoms with Crippen molar-refractivity contribution in [3.63, 3.8) is 0 Å². The van der Waals surface area contributed by atoms with E-state index in [1.54, 1.807) is 12.1 Å². The van der Waals surface area contributed by atoms with E-state index < -0.39 is 0 Å². The van der Waals surface area contributed by atoms with Gasteiger partial charge >= 0.3 is 0 Å². The van der Waals surface area contributed by atoms with Crippen molar-refractivity contribution in [1.29, 1.82) is 5.26 Å².